The van der Waals surface area contributed by atoms with Crippen molar-refractivity contribution in [1.82, 2.24) is 0 Å². The van der Waals surface area contributed by atoms with Gasteiger partial charge in [0.2, 0.25) is 0 Å². The van der Waals surface area contributed by atoms with E-state index in [-0.39, 0.29) is 5.41 Å². The summed E-state index contributed by atoms with van der Waals surface area (Å²) in [5.41, 5.74) is 15.9. The van der Waals surface area contributed by atoms with E-state index < -0.39 is 0 Å². The van der Waals surface area contributed by atoms with E-state index in [1.165, 1.54) is 95.2 Å². The lowest BCUT2D eigenvalue weighted by Gasteiger charge is -2.40. The van der Waals surface area contributed by atoms with Crippen LogP contribution in [0, 0.1) is 5.92 Å². The first-order valence-corrected chi connectivity index (χ1v) is 22.0. The van der Waals surface area contributed by atoms with Crippen LogP contribution in [0.2, 0.25) is 0 Å². The lowest BCUT2D eigenvalue weighted by atomic mass is 9.61. The van der Waals surface area contributed by atoms with E-state index in [1.54, 1.807) is 0 Å². The van der Waals surface area contributed by atoms with Crippen LogP contribution in [0.3, 0.4) is 0 Å². The zero-order valence-corrected chi connectivity index (χ0v) is 33.9. The molecule has 0 amide bonds. The highest BCUT2D eigenvalue weighted by molar-refractivity contribution is 7.25. The average Bonchev–Trinajstić information content (AvgIpc) is 3.83. The van der Waals surface area contributed by atoms with E-state index in [1.807, 2.05) is 11.3 Å². The fourth-order valence-corrected chi connectivity index (χ4v) is 11.5. The quantitative estimate of drug-likeness (QED) is 0.139. The van der Waals surface area contributed by atoms with Crippen molar-refractivity contribution in [3.63, 3.8) is 0 Å². The van der Waals surface area contributed by atoms with Gasteiger partial charge in [-0.2, -0.15) is 0 Å². The molecule has 11 rings (SSSR count). The lowest BCUT2D eigenvalue weighted by molar-refractivity contribution is 0.405. The second-order valence-corrected chi connectivity index (χ2v) is 17.3. The van der Waals surface area contributed by atoms with E-state index in [0.29, 0.717) is 5.92 Å². The van der Waals surface area contributed by atoms with Crippen LogP contribution in [0.5, 0.6) is 0 Å². The number of rotatable bonds is 8. The Morgan fingerprint density at radius 3 is 1.97 bits per heavy atom. The number of hydrogen-bond acceptors (Lipinski definition) is 2. The molecule has 0 radical (unpaired) electrons. The summed E-state index contributed by atoms with van der Waals surface area (Å²) in [6.45, 7) is 0. The predicted molar refractivity (Wildman–Crippen MR) is 253 cm³/mol. The highest BCUT2D eigenvalue weighted by Crippen LogP contribution is 2.59. The average molecular weight is 776 g/mol. The van der Waals surface area contributed by atoms with Crippen LogP contribution in [0.1, 0.15) is 59.9 Å². The van der Waals surface area contributed by atoms with E-state index in [9.17, 15) is 0 Å². The molecule has 2 heteroatoms. The minimum atomic E-state index is -0.193. The summed E-state index contributed by atoms with van der Waals surface area (Å²) in [7, 11) is 0. The van der Waals surface area contributed by atoms with Gasteiger partial charge in [0, 0.05) is 37.2 Å². The molecule has 0 N–H and O–H groups in total. The van der Waals surface area contributed by atoms with Crippen molar-refractivity contribution in [3.05, 3.63) is 234 Å². The van der Waals surface area contributed by atoms with Gasteiger partial charge >= 0.3 is 0 Å². The molecule has 1 nitrogen and oxygen atoms in total. The van der Waals surface area contributed by atoms with Crippen LogP contribution in [-0.4, -0.2) is 0 Å². The van der Waals surface area contributed by atoms with Gasteiger partial charge in [0.15, 0.2) is 0 Å². The van der Waals surface area contributed by atoms with Gasteiger partial charge in [-0.1, -0.05) is 164 Å². The minimum absolute atomic E-state index is 0.193. The van der Waals surface area contributed by atoms with Gasteiger partial charge < -0.3 is 4.90 Å². The summed E-state index contributed by atoms with van der Waals surface area (Å²) >= 11 is 1.88. The zero-order chi connectivity index (χ0) is 39.2. The summed E-state index contributed by atoms with van der Waals surface area (Å²) in [6, 6.07) is 62.8. The van der Waals surface area contributed by atoms with Gasteiger partial charge in [0.1, 0.15) is 0 Å². The Bertz CT molecular complexity index is 2930. The lowest BCUT2D eigenvalue weighted by Crippen LogP contribution is -2.36. The van der Waals surface area contributed by atoms with Gasteiger partial charge in [0.05, 0.1) is 5.41 Å². The molecule has 3 aliphatic rings. The van der Waals surface area contributed by atoms with E-state index in [2.05, 4.69) is 211 Å². The molecule has 2 atom stereocenters. The minimum Gasteiger partial charge on any atom is -0.310 e. The van der Waals surface area contributed by atoms with Gasteiger partial charge in [-0.15, -0.1) is 11.3 Å². The topological polar surface area (TPSA) is 3.24 Å². The van der Waals surface area contributed by atoms with Gasteiger partial charge in [0.25, 0.3) is 0 Å². The van der Waals surface area contributed by atoms with Gasteiger partial charge in [-0.3, -0.25) is 0 Å². The first-order chi connectivity index (χ1) is 29.3. The second-order valence-electron chi connectivity index (χ2n) is 16.2. The first kappa shape index (κ1) is 35.7. The second kappa shape index (κ2) is 15.0. The normalized spacial score (nSPS) is 18.5. The smallest absolute Gasteiger partial charge is 0.0526 e. The Kier molecular flexibility index (Phi) is 9.09. The molecule has 0 saturated carbocycles. The molecule has 0 bridgehead atoms. The van der Waals surface area contributed by atoms with Crippen LogP contribution in [0.25, 0.3) is 42.9 Å². The van der Waals surface area contributed by atoms with Crippen molar-refractivity contribution in [2.75, 3.05) is 4.90 Å². The fraction of sp³-hybridized carbons (Fsp3) is 0.123. The fourth-order valence-electron chi connectivity index (χ4n) is 10.3. The predicted octanol–water partition coefficient (Wildman–Crippen LogP) is 16.0. The molecule has 0 saturated heterocycles. The molecule has 3 aliphatic carbocycles. The molecule has 284 valence electrons. The molecular formula is C57H45NS. The molecule has 1 heterocycles. The number of allylic oxidation sites excluding steroid dienone is 7. The van der Waals surface area contributed by atoms with E-state index in [0.717, 1.165) is 24.2 Å². The Labute approximate surface area is 351 Å². The number of nitrogens with zero attached hydrogens (tertiary/aromatic N) is 1. The monoisotopic (exact) mass is 775 g/mol. The molecule has 0 aliphatic heterocycles. The first-order valence-electron chi connectivity index (χ1n) is 21.2. The molecule has 8 aromatic rings. The summed E-state index contributed by atoms with van der Waals surface area (Å²) in [4.78, 5) is 2.34. The van der Waals surface area contributed by atoms with Gasteiger partial charge in [-0.25, -0.2) is 0 Å². The number of hydrogen-bond donors (Lipinski definition) is 0. The summed E-state index contributed by atoms with van der Waals surface area (Å²) in [6.07, 6.45) is 20.0. The van der Waals surface area contributed by atoms with Crippen LogP contribution in [0.15, 0.2) is 206 Å². The molecule has 59 heavy (non-hydrogen) atoms. The maximum absolute atomic E-state index is 2.53. The highest BCUT2D eigenvalue weighted by atomic mass is 32.1. The van der Waals surface area contributed by atoms with Crippen LogP contribution < -0.4 is 4.90 Å². The van der Waals surface area contributed by atoms with Crippen molar-refractivity contribution in [2.45, 2.75) is 37.5 Å². The largest absolute Gasteiger partial charge is 0.310 e. The number of thiophene rings is 1. The summed E-state index contributed by atoms with van der Waals surface area (Å²) < 4.78 is 2.62. The Balaban J connectivity index is 0.906. The number of fused-ring (bicyclic) bond motifs is 6. The summed E-state index contributed by atoms with van der Waals surface area (Å²) in [5.74, 6) is 0.419. The maximum Gasteiger partial charge on any atom is 0.0526 e. The Morgan fingerprint density at radius 1 is 0.559 bits per heavy atom. The van der Waals surface area contributed by atoms with Crippen molar-refractivity contribution in [3.8, 4) is 11.1 Å². The molecule has 7 aromatic carbocycles. The number of anilines is 3. The number of benzene rings is 7. The van der Waals surface area contributed by atoms with Crippen LogP contribution in [0.4, 0.5) is 17.1 Å². The SMILES string of the molecule is C1=CC(C2(c3ccccc3)c3ccccc3-c3c(C4=CC=C(/C=C/c5ccc6c(c5)sc5cc(N(c7ccccc7)c7ccccc7)ccc56)CC4)cccc32)CCC1. The Morgan fingerprint density at radius 2 is 1.24 bits per heavy atom. The molecule has 1 aromatic heterocycles. The van der Waals surface area contributed by atoms with Crippen molar-refractivity contribution >= 4 is 60.2 Å². The third-order valence-electron chi connectivity index (χ3n) is 12.9. The zero-order valence-electron chi connectivity index (χ0n) is 33.1. The third kappa shape index (κ3) is 6.13. The van der Waals surface area contributed by atoms with E-state index in [4.69, 9.17) is 0 Å². The van der Waals surface area contributed by atoms with Crippen molar-refractivity contribution in [2.24, 2.45) is 5.92 Å². The molecule has 0 fully saturated rings. The van der Waals surface area contributed by atoms with Crippen LogP contribution >= 0.6 is 11.3 Å². The maximum atomic E-state index is 2.53. The molecule has 0 spiro atoms. The summed E-state index contributed by atoms with van der Waals surface area (Å²) in [5, 5.41) is 2.63. The van der Waals surface area contributed by atoms with E-state index >= 15 is 0 Å². The van der Waals surface area contributed by atoms with Gasteiger partial charge in [-0.05, 0) is 131 Å². The van der Waals surface area contributed by atoms with Crippen molar-refractivity contribution in [1.29, 1.82) is 0 Å². The molecular weight excluding hydrogens is 731 g/mol. The highest BCUT2D eigenvalue weighted by Gasteiger charge is 2.49. The van der Waals surface area contributed by atoms with Crippen molar-refractivity contribution < 1.29 is 0 Å². The molecule has 2 unspecified atom stereocenters. The standard InChI is InChI=1S/C57H45NS/c1-5-16-43(17-6-1)57(44-18-7-2-8-19-44)52-26-14-13-24-51(52)56-48(25-15-27-53(56)57)42-33-30-40(31-34-42)28-29-41-32-36-49-50-37-35-47(39-55(50)59-54(49)38-41)58(45-20-9-3-10-21-45)46-22-11-4-12-23-46/h1,3-7,9-18,20-30,32-33,35-39,44H,2,8,19,31,34H2/b29-28+. The Hall–Kier alpha value is -6.48. The third-order valence-corrected chi connectivity index (χ3v) is 14.1. The number of para-hydroxylation sites is 2. The van der Waals surface area contributed by atoms with Crippen LogP contribution in [-0.2, 0) is 5.41 Å².